The van der Waals surface area contributed by atoms with Crippen LogP contribution < -0.4 is 4.90 Å². The summed E-state index contributed by atoms with van der Waals surface area (Å²) in [5.74, 6) is 0.358. The Kier molecular flexibility index (Phi) is 6.67. The first-order chi connectivity index (χ1) is 15.1. The molecule has 0 unspecified atom stereocenters. The van der Waals surface area contributed by atoms with Crippen LogP contribution >= 0.6 is 0 Å². The van der Waals surface area contributed by atoms with E-state index in [-0.39, 0.29) is 17.8 Å². The lowest BCUT2D eigenvalue weighted by Crippen LogP contribution is -2.47. The van der Waals surface area contributed by atoms with E-state index >= 15 is 0 Å². The molecular formula is C25H27FN4O. The topological polar surface area (TPSA) is 49.3 Å². The summed E-state index contributed by atoms with van der Waals surface area (Å²) >= 11 is 0. The zero-order chi connectivity index (χ0) is 21.6. The first-order valence-electron chi connectivity index (χ1n) is 10.8. The Hall–Kier alpha value is -3.12. The molecule has 1 saturated heterocycles. The monoisotopic (exact) mass is 418 g/mol. The molecule has 1 aromatic heterocycles. The van der Waals surface area contributed by atoms with Crippen molar-refractivity contribution >= 4 is 11.7 Å². The summed E-state index contributed by atoms with van der Waals surface area (Å²) in [5.41, 5.74) is 2.76. The minimum Gasteiger partial charge on any atom is -0.299 e. The summed E-state index contributed by atoms with van der Waals surface area (Å²) in [6.45, 7) is 4.68. The summed E-state index contributed by atoms with van der Waals surface area (Å²) in [6.07, 6.45) is 5.54. The molecule has 0 saturated carbocycles. The number of carbonyl (C=O) groups is 1. The molecule has 5 nitrogen and oxygen atoms in total. The first kappa shape index (κ1) is 21.1. The van der Waals surface area contributed by atoms with Gasteiger partial charge in [0.15, 0.2) is 5.82 Å². The fraction of sp³-hybridized carbons (Fsp3) is 0.320. The van der Waals surface area contributed by atoms with Crippen molar-refractivity contribution in [2.45, 2.75) is 38.8 Å². The highest BCUT2D eigenvalue weighted by atomic mass is 19.1. The number of piperidine rings is 1. The van der Waals surface area contributed by atoms with Gasteiger partial charge in [0.25, 0.3) is 0 Å². The molecule has 31 heavy (non-hydrogen) atoms. The molecule has 1 fully saturated rings. The lowest BCUT2D eigenvalue weighted by Gasteiger charge is -2.38. The lowest BCUT2D eigenvalue weighted by molar-refractivity contribution is -0.119. The zero-order valence-electron chi connectivity index (χ0n) is 17.7. The minimum absolute atomic E-state index is 0.0605. The molecule has 1 aliphatic rings. The second kappa shape index (κ2) is 9.79. The van der Waals surface area contributed by atoms with E-state index in [1.807, 2.05) is 17.9 Å². The molecule has 1 amide bonds. The molecule has 0 spiro atoms. The van der Waals surface area contributed by atoms with Crippen molar-refractivity contribution in [2.24, 2.45) is 0 Å². The molecule has 2 aromatic carbocycles. The highest BCUT2D eigenvalue weighted by molar-refractivity contribution is 5.92. The number of hydrogen-bond acceptors (Lipinski definition) is 4. The minimum atomic E-state index is -0.286. The lowest BCUT2D eigenvalue weighted by atomic mass is 10.0. The van der Waals surface area contributed by atoms with Crippen molar-refractivity contribution in [1.82, 2.24) is 14.9 Å². The van der Waals surface area contributed by atoms with Crippen LogP contribution in [0.1, 0.15) is 31.7 Å². The van der Waals surface area contributed by atoms with E-state index in [1.54, 1.807) is 24.5 Å². The third-order valence-electron chi connectivity index (χ3n) is 5.77. The van der Waals surface area contributed by atoms with Gasteiger partial charge in [0, 0.05) is 37.7 Å². The van der Waals surface area contributed by atoms with Crippen LogP contribution in [0.15, 0.2) is 67.0 Å². The molecule has 2 heterocycles. The van der Waals surface area contributed by atoms with Gasteiger partial charge in [-0.1, -0.05) is 37.3 Å². The number of rotatable bonds is 6. The molecule has 3 aromatic rings. The smallest absolute Gasteiger partial charge is 0.228 e. The summed E-state index contributed by atoms with van der Waals surface area (Å²) in [5, 5.41) is 0. The fourth-order valence-electron chi connectivity index (χ4n) is 4.08. The Labute approximate surface area is 182 Å². The van der Waals surface area contributed by atoms with Crippen LogP contribution in [0.3, 0.4) is 0 Å². The second-order valence-electron chi connectivity index (χ2n) is 7.88. The number of aromatic nitrogens is 2. The normalized spacial score (nSPS) is 15.0. The van der Waals surface area contributed by atoms with Crippen molar-refractivity contribution in [3.05, 3.63) is 78.4 Å². The first-order valence-corrected chi connectivity index (χ1v) is 10.8. The predicted octanol–water partition coefficient (Wildman–Crippen LogP) is 4.69. The number of halogens is 1. The van der Waals surface area contributed by atoms with Gasteiger partial charge in [0.1, 0.15) is 5.82 Å². The number of benzene rings is 2. The molecule has 0 N–H and O–H groups in total. The summed E-state index contributed by atoms with van der Waals surface area (Å²) < 4.78 is 13.2. The Morgan fingerprint density at radius 3 is 2.35 bits per heavy atom. The van der Waals surface area contributed by atoms with E-state index in [0.717, 1.165) is 38.0 Å². The van der Waals surface area contributed by atoms with E-state index in [4.69, 9.17) is 0 Å². The van der Waals surface area contributed by atoms with Crippen LogP contribution in [0.25, 0.3) is 11.3 Å². The second-order valence-corrected chi connectivity index (χ2v) is 7.88. The maximum absolute atomic E-state index is 13.2. The number of carbonyl (C=O) groups excluding carboxylic acids is 1. The number of likely N-dealkylation sites (tertiary alicyclic amines) is 1. The van der Waals surface area contributed by atoms with Crippen molar-refractivity contribution in [1.29, 1.82) is 0 Å². The molecule has 6 heteroatoms. The molecule has 1 aliphatic heterocycles. The van der Waals surface area contributed by atoms with Crippen LogP contribution in [0.5, 0.6) is 0 Å². The predicted molar refractivity (Wildman–Crippen MR) is 120 cm³/mol. The maximum Gasteiger partial charge on any atom is 0.228 e. The van der Waals surface area contributed by atoms with E-state index in [1.165, 1.54) is 17.7 Å². The van der Waals surface area contributed by atoms with Gasteiger partial charge in [0.2, 0.25) is 5.91 Å². The van der Waals surface area contributed by atoms with E-state index in [0.29, 0.717) is 17.9 Å². The highest BCUT2D eigenvalue weighted by Crippen LogP contribution is 2.25. The molecule has 0 radical (unpaired) electrons. The number of anilines is 1. The van der Waals surface area contributed by atoms with Crippen LogP contribution in [0, 0.1) is 5.82 Å². The van der Waals surface area contributed by atoms with E-state index in [9.17, 15) is 9.18 Å². The highest BCUT2D eigenvalue weighted by Gasteiger charge is 2.29. The Bertz CT molecular complexity index is 984. The molecule has 4 rings (SSSR count). The molecule has 0 atom stereocenters. The third kappa shape index (κ3) is 5.14. The van der Waals surface area contributed by atoms with Crippen LogP contribution in [0.2, 0.25) is 0 Å². The largest absolute Gasteiger partial charge is 0.299 e. The van der Waals surface area contributed by atoms with Crippen molar-refractivity contribution in [3.8, 4) is 11.3 Å². The Morgan fingerprint density at radius 2 is 1.74 bits per heavy atom. The van der Waals surface area contributed by atoms with Crippen LogP contribution in [-0.4, -0.2) is 39.9 Å². The third-order valence-corrected chi connectivity index (χ3v) is 5.77. The van der Waals surface area contributed by atoms with Gasteiger partial charge in [-0.2, -0.15) is 0 Å². The van der Waals surface area contributed by atoms with Gasteiger partial charge in [-0.3, -0.25) is 19.6 Å². The SMILES string of the molecule is CCC(=O)N(c1cnc(-c2ccc(F)cc2)cn1)C1CCN(Cc2ccccc2)CC1. The van der Waals surface area contributed by atoms with Crippen molar-refractivity contribution in [3.63, 3.8) is 0 Å². The van der Waals surface area contributed by atoms with Gasteiger partial charge in [0.05, 0.1) is 18.1 Å². The Balaban J connectivity index is 1.45. The van der Waals surface area contributed by atoms with Crippen LogP contribution in [-0.2, 0) is 11.3 Å². The van der Waals surface area contributed by atoms with E-state index in [2.05, 4.69) is 39.1 Å². The summed E-state index contributed by atoms with van der Waals surface area (Å²) in [4.78, 5) is 26.1. The van der Waals surface area contributed by atoms with Crippen molar-refractivity contribution < 1.29 is 9.18 Å². The van der Waals surface area contributed by atoms with Gasteiger partial charge in [-0.15, -0.1) is 0 Å². The zero-order valence-corrected chi connectivity index (χ0v) is 17.7. The average molecular weight is 419 g/mol. The molecule has 160 valence electrons. The number of amides is 1. The fourth-order valence-corrected chi connectivity index (χ4v) is 4.08. The summed E-state index contributed by atoms with van der Waals surface area (Å²) in [6, 6.07) is 16.7. The number of hydrogen-bond donors (Lipinski definition) is 0. The van der Waals surface area contributed by atoms with Gasteiger partial charge < -0.3 is 0 Å². The quantitative estimate of drug-likeness (QED) is 0.583. The van der Waals surface area contributed by atoms with E-state index < -0.39 is 0 Å². The molecule has 0 bridgehead atoms. The number of nitrogens with zero attached hydrogens (tertiary/aromatic N) is 4. The molecule has 0 aliphatic carbocycles. The standard InChI is InChI=1S/C25H27FN4O/c1-2-25(31)30(22-12-14-29(15-13-22)18-19-6-4-3-5-7-19)24-17-27-23(16-28-24)20-8-10-21(26)11-9-20/h3-11,16-17,22H,2,12-15,18H2,1H3. The molecular weight excluding hydrogens is 391 g/mol. The van der Waals surface area contributed by atoms with Crippen LogP contribution in [0.4, 0.5) is 10.2 Å². The average Bonchev–Trinajstić information content (AvgIpc) is 2.82. The Morgan fingerprint density at radius 1 is 1.03 bits per heavy atom. The van der Waals surface area contributed by atoms with Gasteiger partial charge >= 0.3 is 0 Å². The van der Waals surface area contributed by atoms with Crippen molar-refractivity contribution in [2.75, 3.05) is 18.0 Å². The maximum atomic E-state index is 13.2. The summed E-state index contributed by atoms with van der Waals surface area (Å²) in [7, 11) is 0. The van der Waals surface area contributed by atoms with Gasteiger partial charge in [-0.05, 0) is 42.7 Å². The van der Waals surface area contributed by atoms with Gasteiger partial charge in [-0.25, -0.2) is 9.37 Å².